The fourth-order valence-corrected chi connectivity index (χ4v) is 16.1. The minimum absolute atomic E-state index is 0.00814. The molecule has 0 spiro atoms. The van der Waals surface area contributed by atoms with Crippen molar-refractivity contribution in [3.8, 4) is 34.1 Å². The first-order chi connectivity index (χ1) is 36.8. The summed E-state index contributed by atoms with van der Waals surface area (Å²) >= 11 is 0. The molecule has 346 valence electrons. The van der Waals surface area contributed by atoms with Gasteiger partial charge in [-0.15, -0.1) is 0 Å². The molecule has 10 aromatic carbocycles. The highest BCUT2D eigenvalue weighted by Crippen LogP contribution is 2.54. The number of nitrogens with zero attached hydrogens (tertiary/aromatic N) is 4. The van der Waals surface area contributed by atoms with E-state index in [1.807, 2.05) is 0 Å². The molecule has 0 amide bonds. The average molecular weight is 954 g/mol. The third kappa shape index (κ3) is 4.49. The van der Waals surface area contributed by atoms with E-state index in [2.05, 4.69) is 230 Å². The van der Waals surface area contributed by atoms with Crippen molar-refractivity contribution in [3.63, 3.8) is 0 Å². The maximum Gasteiger partial charge on any atom is 0.256 e. The van der Waals surface area contributed by atoms with Gasteiger partial charge in [-0.1, -0.05) is 135 Å². The van der Waals surface area contributed by atoms with Crippen molar-refractivity contribution in [2.75, 3.05) is 33.7 Å². The summed E-state index contributed by atoms with van der Waals surface area (Å²) in [6.45, 7) is 5.01. The van der Waals surface area contributed by atoms with Crippen LogP contribution in [0.1, 0.15) is 25.0 Å². The molecule has 0 N–H and O–H groups in total. The SMILES string of the molecule is CN1c2cc3c(cc2B2c4ccccc4N4c5ccccc5B5c6ccccc6Oc6cc1c2c4c65)-c1cc2c(cc1C3(C)C)N(C)c1cc3c4c5c1B2c1ccccc1N5c1ccccc1B4c1ccccc1O3. The number of rotatable bonds is 0. The zero-order valence-electron chi connectivity index (χ0n) is 41.7. The molecule has 10 aromatic rings. The zero-order chi connectivity index (χ0) is 49.1. The Morgan fingerprint density at radius 3 is 1.04 bits per heavy atom. The van der Waals surface area contributed by atoms with E-state index in [0.717, 1.165) is 23.0 Å². The van der Waals surface area contributed by atoms with Crippen molar-refractivity contribution in [1.29, 1.82) is 0 Å². The molecule has 0 radical (unpaired) electrons. The van der Waals surface area contributed by atoms with E-state index in [-0.39, 0.29) is 32.3 Å². The van der Waals surface area contributed by atoms with E-state index in [1.54, 1.807) is 0 Å². The van der Waals surface area contributed by atoms with Crippen LogP contribution >= 0.6 is 0 Å². The molecule has 0 unspecified atom stereocenters. The van der Waals surface area contributed by atoms with Gasteiger partial charge in [-0.25, -0.2) is 0 Å². The van der Waals surface area contributed by atoms with E-state index in [9.17, 15) is 0 Å². The molecule has 0 aromatic heterocycles. The first-order valence-corrected chi connectivity index (χ1v) is 26.6. The number of hydrogen-bond acceptors (Lipinski definition) is 6. The van der Waals surface area contributed by atoms with Crippen molar-refractivity contribution in [2.45, 2.75) is 19.3 Å². The fourth-order valence-electron chi connectivity index (χ4n) is 16.1. The molecule has 8 heterocycles. The molecule has 1 aliphatic carbocycles. The molecule has 6 nitrogen and oxygen atoms in total. The Hall–Kier alpha value is -8.74. The minimum atomic E-state index is -0.281. The van der Waals surface area contributed by atoms with Gasteiger partial charge in [0.1, 0.15) is 23.0 Å². The molecule has 0 saturated carbocycles. The monoisotopic (exact) mass is 954 g/mol. The van der Waals surface area contributed by atoms with Gasteiger partial charge in [-0.3, -0.25) is 0 Å². The normalized spacial score (nSPS) is 16.1. The predicted octanol–water partition coefficient (Wildman–Crippen LogP) is 6.62. The molecular formula is C65H42B4N4O2. The summed E-state index contributed by atoms with van der Waals surface area (Å²) in [6.07, 6.45) is 0. The van der Waals surface area contributed by atoms with Crippen molar-refractivity contribution >= 4 is 149 Å². The molecule has 19 rings (SSSR count). The summed E-state index contributed by atoms with van der Waals surface area (Å²) < 4.78 is 14.1. The highest BCUT2D eigenvalue weighted by molar-refractivity contribution is 7.05. The molecule has 0 bridgehead atoms. The Kier molecular flexibility index (Phi) is 6.96. The van der Waals surface area contributed by atoms with E-state index < -0.39 is 0 Å². The average Bonchev–Trinajstić information content (AvgIpc) is 3.81. The lowest BCUT2D eigenvalue weighted by Gasteiger charge is -2.49. The fraction of sp³-hybridized carbons (Fsp3) is 0.0769. The van der Waals surface area contributed by atoms with Crippen LogP contribution in [0, 0.1) is 0 Å². The quantitative estimate of drug-likeness (QED) is 0.159. The van der Waals surface area contributed by atoms with Gasteiger partial charge >= 0.3 is 0 Å². The van der Waals surface area contributed by atoms with Crippen molar-refractivity contribution < 1.29 is 9.47 Å². The van der Waals surface area contributed by atoms with E-state index in [4.69, 9.17) is 9.47 Å². The van der Waals surface area contributed by atoms with Crippen molar-refractivity contribution in [3.05, 3.63) is 193 Å². The maximum atomic E-state index is 7.03. The molecule has 9 aliphatic rings. The van der Waals surface area contributed by atoms with Crippen LogP contribution in [0.5, 0.6) is 23.0 Å². The number of anilines is 10. The second kappa shape index (κ2) is 13.1. The van der Waals surface area contributed by atoms with E-state index in [0.29, 0.717) is 0 Å². The summed E-state index contributed by atoms with van der Waals surface area (Å²) in [5, 5.41) is 0. The highest BCUT2D eigenvalue weighted by atomic mass is 16.5. The number of ether oxygens (including phenoxy) is 2. The number of benzene rings is 10. The maximum absolute atomic E-state index is 7.03. The number of para-hydroxylation sites is 6. The van der Waals surface area contributed by atoms with Gasteiger partial charge in [0.2, 0.25) is 0 Å². The standard InChI is InChI=1S/C65H42B4N4O2/c1-65(2)37-31-51-45(68-41-19-7-13-25-49(41)72-47-23-11-5-17-39(47)66-43-21-9-15-27-55(43)74-57-33-53(70(51)3)59(68)63(72)61(57)66)29-35(37)36-30-46-52(32-38(36)65)71(4)54-34-58-62-64-60(54)69(46)42-20-8-14-26-50(42)73(64)48-24-12-6-18-40(48)67(62)44-22-10-16-28-56(44)75-58/h5-34H,1-4H3. The van der Waals surface area contributed by atoms with E-state index in [1.165, 1.54) is 145 Å². The Bertz CT molecular complexity index is 4140. The Morgan fingerprint density at radius 1 is 0.320 bits per heavy atom. The lowest BCUT2D eigenvalue weighted by molar-refractivity contribution is 0.487. The summed E-state index contributed by atoms with van der Waals surface area (Å²) in [6, 6.07) is 68.9. The number of hydrogen-bond donors (Lipinski definition) is 0. The second-order valence-electron chi connectivity index (χ2n) is 22.7. The Morgan fingerprint density at radius 2 is 0.653 bits per heavy atom. The lowest BCUT2D eigenvalue weighted by Crippen LogP contribution is -2.68. The summed E-state index contributed by atoms with van der Waals surface area (Å²) in [7, 11) is 4.56. The Labute approximate surface area is 436 Å². The van der Waals surface area contributed by atoms with Gasteiger partial charge in [0.25, 0.3) is 26.9 Å². The van der Waals surface area contributed by atoms with Gasteiger partial charge in [0.05, 0.1) is 0 Å². The lowest BCUT2D eigenvalue weighted by atomic mass is 9.29. The summed E-state index contributed by atoms with van der Waals surface area (Å²) in [5.74, 6) is 3.77. The zero-order valence-corrected chi connectivity index (χ0v) is 41.7. The first-order valence-electron chi connectivity index (χ1n) is 26.6. The minimum Gasteiger partial charge on any atom is -0.458 e. The van der Waals surface area contributed by atoms with Crippen LogP contribution in [0.25, 0.3) is 11.1 Å². The van der Waals surface area contributed by atoms with Crippen molar-refractivity contribution in [2.24, 2.45) is 0 Å². The number of fused-ring (bicyclic) bond motifs is 23. The van der Waals surface area contributed by atoms with Crippen LogP contribution in [-0.4, -0.2) is 40.9 Å². The van der Waals surface area contributed by atoms with Gasteiger partial charge in [0.15, 0.2) is 0 Å². The smallest absolute Gasteiger partial charge is 0.256 e. The first kappa shape index (κ1) is 39.7. The van der Waals surface area contributed by atoms with Crippen LogP contribution in [0.2, 0.25) is 0 Å². The van der Waals surface area contributed by atoms with Crippen LogP contribution in [0.3, 0.4) is 0 Å². The van der Waals surface area contributed by atoms with Crippen molar-refractivity contribution in [1.82, 2.24) is 0 Å². The van der Waals surface area contributed by atoms with Crippen LogP contribution < -0.4 is 94.6 Å². The topological polar surface area (TPSA) is 31.4 Å². The predicted molar refractivity (Wildman–Crippen MR) is 314 cm³/mol. The molecule has 75 heavy (non-hydrogen) atoms. The van der Waals surface area contributed by atoms with Crippen LogP contribution in [-0.2, 0) is 5.41 Å². The van der Waals surface area contributed by atoms with Crippen LogP contribution in [0.4, 0.5) is 56.9 Å². The largest absolute Gasteiger partial charge is 0.458 e. The van der Waals surface area contributed by atoms with Gasteiger partial charge in [0, 0.05) is 88.5 Å². The molecule has 10 heteroatoms. The summed E-state index contributed by atoms with van der Waals surface area (Å²) in [4.78, 5) is 10.1. The molecular weight excluding hydrogens is 912 g/mol. The molecule has 0 fully saturated rings. The highest BCUT2D eigenvalue weighted by Gasteiger charge is 2.54. The third-order valence-corrected chi connectivity index (χ3v) is 19.1. The van der Waals surface area contributed by atoms with Gasteiger partial charge in [-0.2, -0.15) is 0 Å². The third-order valence-electron chi connectivity index (χ3n) is 19.1. The van der Waals surface area contributed by atoms with Gasteiger partial charge in [-0.05, 0) is 136 Å². The second-order valence-corrected chi connectivity index (χ2v) is 22.7. The molecule has 8 aliphatic heterocycles. The molecule has 0 saturated heterocycles. The van der Waals surface area contributed by atoms with Gasteiger partial charge < -0.3 is 29.1 Å². The summed E-state index contributed by atoms with van der Waals surface area (Å²) in [5.41, 5.74) is 33.2. The van der Waals surface area contributed by atoms with E-state index >= 15 is 0 Å². The Balaban J connectivity index is 0.847. The van der Waals surface area contributed by atoms with Crippen LogP contribution in [0.15, 0.2) is 182 Å². The molecule has 0 atom stereocenters.